The molecule has 23 heavy (non-hydrogen) atoms. The van der Waals surface area contributed by atoms with Crippen molar-refractivity contribution in [2.75, 3.05) is 19.6 Å². The van der Waals surface area contributed by atoms with Crippen LogP contribution < -0.4 is 0 Å². The number of carboxylic acid groups (broad SMARTS) is 1. The summed E-state index contributed by atoms with van der Waals surface area (Å²) in [4.78, 5) is 38.6. The lowest BCUT2D eigenvalue weighted by atomic mass is 9.76. The lowest BCUT2D eigenvalue weighted by molar-refractivity contribution is -0.147. The van der Waals surface area contributed by atoms with Gasteiger partial charge in [-0.15, -0.1) is 0 Å². The highest BCUT2D eigenvalue weighted by atomic mass is 16.4. The SMILES string of the molecule is CC(=O)N1CC2(CCN(C(=O)c3ccn[nH]3)CC2)C[C@H]1C(=O)O. The fraction of sp³-hybridized carbons (Fsp3) is 0.600. The van der Waals surface area contributed by atoms with Gasteiger partial charge in [-0.25, -0.2) is 4.79 Å². The minimum atomic E-state index is -0.951. The van der Waals surface area contributed by atoms with Crippen LogP contribution in [-0.2, 0) is 9.59 Å². The van der Waals surface area contributed by atoms with Gasteiger partial charge in [-0.2, -0.15) is 5.10 Å². The smallest absolute Gasteiger partial charge is 0.326 e. The molecule has 0 bridgehead atoms. The van der Waals surface area contributed by atoms with Crippen molar-refractivity contribution in [2.45, 2.75) is 32.2 Å². The number of likely N-dealkylation sites (tertiary alicyclic amines) is 2. The molecule has 0 saturated carbocycles. The zero-order chi connectivity index (χ0) is 16.6. The van der Waals surface area contributed by atoms with Gasteiger partial charge in [0.1, 0.15) is 11.7 Å². The highest BCUT2D eigenvalue weighted by molar-refractivity contribution is 5.92. The quantitative estimate of drug-likeness (QED) is 0.817. The number of aliphatic carboxylic acids is 1. The van der Waals surface area contributed by atoms with Gasteiger partial charge in [-0.3, -0.25) is 14.7 Å². The average molecular weight is 320 g/mol. The molecule has 0 aliphatic carbocycles. The topological polar surface area (TPSA) is 107 Å². The second-order valence-electron chi connectivity index (χ2n) is 6.47. The van der Waals surface area contributed by atoms with Gasteiger partial charge in [0, 0.05) is 32.8 Å². The molecule has 8 nitrogen and oxygen atoms in total. The van der Waals surface area contributed by atoms with E-state index in [1.807, 2.05) is 0 Å². The monoisotopic (exact) mass is 320 g/mol. The molecule has 2 aliphatic heterocycles. The number of H-pyrrole nitrogens is 1. The van der Waals surface area contributed by atoms with E-state index in [4.69, 9.17) is 0 Å². The average Bonchev–Trinajstić information content (AvgIpc) is 3.15. The second kappa shape index (κ2) is 5.68. The van der Waals surface area contributed by atoms with Crippen LogP contribution >= 0.6 is 0 Å². The molecule has 1 aromatic rings. The summed E-state index contributed by atoms with van der Waals surface area (Å²) in [5.41, 5.74) is 0.264. The summed E-state index contributed by atoms with van der Waals surface area (Å²) >= 11 is 0. The van der Waals surface area contributed by atoms with Crippen LogP contribution in [0.3, 0.4) is 0 Å². The van der Waals surface area contributed by atoms with Gasteiger partial charge < -0.3 is 14.9 Å². The molecule has 3 heterocycles. The normalized spacial score (nSPS) is 23.3. The van der Waals surface area contributed by atoms with Crippen LogP contribution in [0.2, 0.25) is 0 Å². The van der Waals surface area contributed by atoms with Crippen LogP contribution in [-0.4, -0.2) is 68.6 Å². The number of amides is 2. The number of hydrogen-bond acceptors (Lipinski definition) is 4. The lowest BCUT2D eigenvalue weighted by Gasteiger charge is -2.38. The van der Waals surface area contributed by atoms with E-state index in [1.54, 1.807) is 11.0 Å². The van der Waals surface area contributed by atoms with Crippen LogP contribution in [0.25, 0.3) is 0 Å². The molecular formula is C15H20N4O4. The van der Waals surface area contributed by atoms with Crippen molar-refractivity contribution in [3.05, 3.63) is 18.0 Å². The molecule has 1 spiro atoms. The van der Waals surface area contributed by atoms with Crippen LogP contribution in [0.5, 0.6) is 0 Å². The summed E-state index contributed by atoms with van der Waals surface area (Å²) in [6, 6.07) is 0.891. The van der Waals surface area contributed by atoms with Crippen molar-refractivity contribution < 1.29 is 19.5 Å². The van der Waals surface area contributed by atoms with Gasteiger partial charge in [0.2, 0.25) is 5.91 Å². The van der Waals surface area contributed by atoms with Crippen LogP contribution in [0.15, 0.2) is 12.3 Å². The first-order valence-corrected chi connectivity index (χ1v) is 7.71. The molecular weight excluding hydrogens is 300 g/mol. The van der Waals surface area contributed by atoms with Crippen molar-refractivity contribution >= 4 is 17.8 Å². The number of carbonyl (C=O) groups excluding carboxylic acids is 2. The third-order valence-corrected chi connectivity index (χ3v) is 5.04. The number of hydrogen-bond donors (Lipinski definition) is 2. The van der Waals surface area contributed by atoms with E-state index in [0.717, 1.165) is 0 Å². The summed E-state index contributed by atoms with van der Waals surface area (Å²) in [5, 5.41) is 15.8. The molecule has 0 unspecified atom stereocenters. The molecule has 124 valence electrons. The summed E-state index contributed by atoms with van der Waals surface area (Å²) < 4.78 is 0. The Morgan fingerprint density at radius 1 is 1.35 bits per heavy atom. The molecule has 1 atom stereocenters. The van der Waals surface area contributed by atoms with Crippen LogP contribution in [0.1, 0.15) is 36.7 Å². The highest BCUT2D eigenvalue weighted by Crippen LogP contribution is 2.43. The Labute approximate surface area is 133 Å². The first kappa shape index (κ1) is 15.5. The number of aromatic amines is 1. The van der Waals surface area contributed by atoms with Gasteiger partial charge in [0.05, 0.1) is 0 Å². The first-order chi connectivity index (χ1) is 10.9. The van der Waals surface area contributed by atoms with Gasteiger partial charge in [0.15, 0.2) is 0 Å². The van der Waals surface area contributed by atoms with Gasteiger partial charge in [-0.05, 0) is 30.7 Å². The molecule has 1 aromatic heterocycles. The summed E-state index contributed by atoms with van der Waals surface area (Å²) in [6.07, 6.45) is 3.42. The Morgan fingerprint density at radius 3 is 2.52 bits per heavy atom. The van der Waals surface area contributed by atoms with Gasteiger partial charge in [0.25, 0.3) is 5.91 Å². The van der Waals surface area contributed by atoms with Gasteiger partial charge in [-0.1, -0.05) is 0 Å². The lowest BCUT2D eigenvalue weighted by Crippen LogP contribution is -2.44. The maximum atomic E-state index is 12.3. The number of carbonyl (C=O) groups is 3. The number of nitrogens with zero attached hydrogens (tertiary/aromatic N) is 3. The molecule has 2 fully saturated rings. The third-order valence-electron chi connectivity index (χ3n) is 5.04. The number of rotatable bonds is 2. The summed E-state index contributed by atoms with van der Waals surface area (Å²) in [7, 11) is 0. The van der Waals surface area contributed by atoms with Crippen molar-refractivity contribution in [3.63, 3.8) is 0 Å². The molecule has 0 aromatic carbocycles. The number of nitrogens with one attached hydrogen (secondary N) is 1. The minimum Gasteiger partial charge on any atom is -0.480 e. The Kier molecular flexibility index (Phi) is 3.83. The molecule has 2 amide bonds. The number of piperidine rings is 1. The van der Waals surface area contributed by atoms with E-state index in [0.29, 0.717) is 44.6 Å². The fourth-order valence-electron chi connectivity index (χ4n) is 3.70. The van der Waals surface area contributed by atoms with Crippen molar-refractivity contribution in [1.82, 2.24) is 20.0 Å². The second-order valence-corrected chi connectivity index (χ2v) is 6.47. The van der Waals surface area contributed by atoms with Crippen LogP contribution in [0, 0.1) is 5.41 Å². The maximum Gasteiger partial charge on any atom is 0.326 e. The van der Waals surface area contributed by atoms with E-state index in [2.05, 4.69) is 10.2 Å². The summed E-state index contributed by atoms with van der Waals surface area (Å²) in [6.45, 7) is 3.00. The zero-order valence-electron chi connectivity index (χ0n) is 13.0. The van der Waals surface area contributed by atoms with E-state index in [1.165, 1.54) is 18.0 Å². The molecule has 8 heteroatoms. The van der Waals surface area contributed by atoms with E-state index in [-0.39, 0.29) is 17.2 Å². The minimum absolute atomic E-state index is 0.0893. The Bertz CT molecular complexity index is 595. The molecule has 2 N–H and O–H groups in total. The van der Waals surface area contributed by atoms with Gasteiger partial charge >= 0.3 is 5.97 Å². The van der Waals surface area contributed by atoms with Crippen molar-refractivity contribution in [3.8, 4) is 0 Å². The van der Waals surface area contributed by atoms with Crippen molar-refractivity contribution in [2.24, 2.45) is 5.41 Å². The number of carboxylic acids is 1. The molecule has 3 rings (SSSR count). The molecule has 2 aliphatic rings. The Morgan fingerprint density at radius 2 is 2.04 bits per heavy atom. The standard InChI is InChI=1S/C15H20N4O4/c1-10(20)19-9-15(8-12(19)14(22)23)3-6-18(7-4-15)13(21)11-2-5-16-17-11/h2,5,12H,3-4,6-9H2,1H3,(H,16,17)(H,22,23)/t12-/m0/s1. The van der Waals surface area contributed by atoms with Crippen LogP contribution in [0.4, 0.5) is 0 Å². The Hall–Kier alpha value is -2.38. The van der Waals surface area contributed by atoms with Crippen molar-refractivity contribution in [1.29, 1.82) is 0 Å². The summed E-state index contributed by atoms with van der Waals surface area (Å²) in [5.74, 6) is -1.24. The predicted octanol–water partition coefficient (Wildman–Crippen LogP) is 0.338. The molecule has 0 radical (unpaired) electrons. The largest absolute Gasteiger partial charge is 0.480 e. The zero-order valence-corrected chi connectivity index (χ0v) is 13.0. The fourth-order valence-corrected chi connectivity index (χ4v) is 3.70. The maximum absolute atomic E-state index is 12.3. The highest BCUT2D eigenvalue weighted by Gasteiger charge is 2.49. The van der Waals surface area contributed by atoms with E-state index in [9.17, 15) is 19.5 Å². The van der Waals surface area contributed by atoms with E-state index < -0.39 is 12.0 Å². The molecule has 2 saturated heterocycles. The van der Waals surface area contributed by atoms with E-state index >= 15 is 0 Å². The Balaban J connectivity index is 1.67. The third kappa shape index (κ3) is 2.80. The first-order valence-electron chi connectivity index (χ1n) is 7.71. The predicted molar refractivity (Wildman–Crippen MR) is 79.6 cm³/mol. The number of aromatic nitrogens is 2.